The monoisotopic (exact) mass is 406 g/mol. The largest absolute Gasteiger partial charge is 0.497 e. The molecule has 0 radical (unpaired) electrons. The fourth-order valence-electron chi connectivity index (χ4n) is 3.46. The second kappa shape index (κ2) is 8.32. The number of benzene rings is 1. The lowest BCUT2D eigenvalue weighted by Gasteiger charge is -2.30. The molecule has 2 aromatic rings. The van der Waals surface area contributed by atoms with Crippen LogP contribution in [0.25, 0.3) is 0 Å². The van der Waals surface area contributed by atoms with Crippen LogP contribution < -0.4 is 10.1 Å². The third kappa shape index (κ3) is 4.53. The number of amides is 1. The standard InChI is InChI=1S/C19H26N4O4S/c1-22-13-10-20-18(22)17(14-4-6-16(27-2)7-5-14)21-19(24)15-8-11-23(12-9-15)28(3,25)26/h4-7,10,13,15,17H,8-9,11-12H2,1-3H3,(H,21,24). The molecule has 1 saturated heterocycles. The molecule has 0 spiro atoms. The van der Waals surface area contributed by atoms with E-state index in [0.29, 0.717) is 25.9 Å². The smallest absolute Gasteiger partial charge is 0.224 e. The lowest BCUT2D eigenvalue weighted by atomic mass is 9.96. The Labute approximate surface area is 165 Å². The van der Waals surface area contributed by atoms with Crippen LogP contribution in [0.2, 0.25) is 0 Å². The first-order chi connectivity index (χ1) is 13.3. The van der Waals surface area contributed by atoms with Crippen molar-refractivity contribution in [1.29, 1.82) is 0 Å². The number of nitrogens with one attached hydrogen (secondary N) is 1. The molecule has 0 aliphatic carbocycles. The first kappa shape index (κ1) is 20.3. The molecule has 8 nitrogen and oxygen atoms in total. The van der Waals surface area contributed by atoms with Crippen molar-refractivity contribution in [2.45, 2.75) is 18.9 Å². The quantitative estimate of drug-likeness (QED) is 0.781. The molecule has 1 N–H and O–H groups in total. The van der Waals surface area contributed by atoms with Gasteiger partial charge in [0, 0.05) is 38.4 Å². The number of sulfonamides is 1. The fraction of sp³-hybridized carbons (Fsp3) is 0.474. The number of imidazole rings is 1. The van der Waals surface area contributed by atoms with Crippen LogP contribution in [0.4, 0.5) is 0 Å². The van der Waals surface area contributed by atoms with Crippen LogP contribution in [-0.2, 0) is 21.9 Å². The first-order valence-corrected chi connectivity index (χ1v) is 11.0. The summed E-state index contributed by atoms with van der Waals surface area (Å²) in [5.74, 6) is 1.16. The van der Waals surface area contributed by atoms with E-state index in [-0.39, 0.29) is 11.8 Å². The van der Waals surface area contributed by atoms with Gasteiger partial charge in [0.15, 0.2) is 0 Å². The highest BCUT2D eigenvalue weighted by Crippen LogP contribution is 2.25. The van der Waals surface area contributed by atoms with Crippen LogP contribution in [-0.4, -0.2) is 54.6 Å². The molecule has 1 aliphatic heterocycles. The summed E-state index contributed by atoms with van der Waals surface area (Å²) in [6.07, 6.45) is 5.75. The van der Waals surface area contributed by atoms with Crippen molar-refractivity contribution >= 4 is 15.9 Å². The minimum absolute atomic E-state index is 0.0861. The molecule has 1 atom stereocenters. The summed E-state index contributed by atoms with van der Waals surface area (Å²) < 4.78 is 31.9. The summed E-state index contributed by atoms with van der Waals surface area (Å²) in [7, 11) is 0.279. The molecule has 0 bridgehead atoms. The Morgan fingerprint density at radius 2 is 1.89 bits per heavy atom. The van der Waals surface area contributed by atoms with E-state index in [9.17, 15) is 13.2 Å². The number of nitrogens with zero attached hydrogens (tertiary/aromatic N) is 3. The van der Waals surface area contributed by atoms with E-state index in [1.54, 1.807) is 13.3 Å². The van der Waals surface area contributed by atoms with Gasteiger partial charge in [-0.05, 0) is 30.5 Å². The Bertz CT molecular complexity index is 916. The maximum atomic E-state index is 12.9. The van der Waals surface area contributed by atoms with E-state index in [4.69, 9.17) is 4.74 Å². The van der Waals surface area contributed by atoms with Crippen molar-refractivity contribution in [3.63, 3.8) is 0 Å². The Balaban J connectivity index is 1.76. The van der Waals surface area contributed by atoms with Gasteiger partial charge in [0.2, 0.25) is 15.9 Å². The highest BCUT2D eigenvalue weighted by molar-refractivity contribution is 7.88. The predicted octanol–water partition coefficient (Wildman–Crippen LogP) is 1.31. The Morgan fingerprint density at radius 1 is 1.25 bits per heavy atom. The molecule has 3 rings (SSSR count). The van der Waals surface area contributed by atoms with Gasteiger partial charge in [-0.1, -0.05) is 12.1 Å². The SMILES string of the molecule is COc1ccc(C(NC(=O)C2CCN(S(C)(=O)=O)CC2)c2nccn2C)cc1. The molecule has 1 aliphatic rings. The van der Waals surface area contributed by atoms with Crippen molar-refractivity contribution in [1.82, 2.24) is 19.2 Å². The van der Waals surface area contributed by atoms with Crippen molar-refractivity contribution in [2.24, 2.45) is 13.0 Å². The lowest BCUT2D eigenvalue weighted by Crippen LogP contribution is -2.43. The molecule has 1 fully saturated rings. The van der Waals surface area contributed by atoms with Gasteiger partial charge in [-0.2, -0.15) is 0 Å². The number of piperidine rings is 1. The minimum Gasteiger partial charge on any atom is -0.497 e. The average molecular weight is 407 g/mol. The summed E-state index contributed by atoms with van der Waals surface area (Å²) in [5, 5.41) is 3.11. The second-order valence-electron chi connectivity index (χ2n) is 7.05. The Hall–Kier alpha value is -2.39. The molecular formula is C19H26N4O4S. The number of hydrogen-bond donors (Lipinski definition) is 1. The average Bonchev–Trinajstić information content (AvgIpc) is 3.11. The van der Waals surface area contributed by atoms with E-state index < -0.39 is 16.1 Å². The van der Waals surface area contributed by atoms with Crippen molar-refractivity contribution < 1.29 is 17.9 Å². The Morgan fingerprint density at radius 3 is 2.39 bits per heavy atom. The lowest BCUT2D eigenvalue weighted by molar-refractivity contribution is -0.126. The highest BCUT2D eigenvalue weighted by Gasteiger charge is 2.31. The van der Waals surface area contributed by atoms with Gasteiger partial charge in [-0.15, -0.1) is 0 Å². The van der Waals surface area contributed by atoms with Crippen molar-refractivity contribution in [3.05, 3.63) is 48.0 Å². The third-order valence-electron chi connectivity index (χ3n) is 5.15. The van der Waals surface area contributed by atoms with Crippen LogP contribution in [0.15, 0.2) is 36.7 Å². The number of aromatic nitrogens is 2. The zero-order valence-electron chi connectivity index (χ0n) is 16.3. The summed E-state index contributed by atoms with van der Waals surface area (Å²) in [4.78, 5) is 17.3. The van der Waals surface area contributed by atoms with Gasteiger partial charge in [0.1, 0.15) is 17.6 Å². The second-order valence-corrected chi connectivity index (χ2v) is 9.03. The summed E-state index contributed by atoms with van der Waals surface area (Å²) in [6.45, 7) is 0.735. The predicted molar refractivity (Wildman–Crippen MR) is 105 cm³/mol. The van der Waals surface area contributed by atoms with E-state index >= 15 is 0 Å². The van der Waals surface area contributed by atoms with Crippen molar-refractivity contribution in [2.75, 3.05) is 26.5 Å². The summed E-state index contributed by atoms with van der Waals surface area (Å²) in [6, 6.07) is 7.12. The number of carbonyl (C=O) groups excluding carboxylic acids is 1. The third-order valence-corrected chi connectivity index (χ3v) is 6.45. The molecule has 1 aromatic carbocycles. The van der Waals surface area contributed by atoms with Crippen LogP contribution in [0.3, 0.4) is 0 Å². The molecule has 152 valence electrons. The Kier molecular flexibility index (Phi) is 6.04. The van der Waals surface area contributed by atoms with Gasteiger partial charge in [0.05, 0.1) is 13.4 Å². The first-order valence-electron chi connectivity index (χ1n) is 9.16. The maximum absolute atomic E-state index is 12.9. The van der Waals surface area contributed by atoms with E-state index in [2.05, 4.69) is 10.3 Å². The molecule has 28 heavy (non-hydrogen) atoms. The van der Waals surface area contributed by atoms with Crippen LogP contribution in [0, 0.1) is 5.92 Å². The van der Waals surface area contributed by atoms with Gasteiger partial charge in [0.25, 0.3) is 0 Å². The number of aryl methyl sites for hydroxylation is 1. The number of ether oxygens (including phenoxy) is 1. The van der Waals surface area contributed by atoms with Gasteiger partial charge in [-0.25, -0.2) is 17.7 Å². The molecule has 9 heteroatoms. The fourth-order valence-corrected chi connectivity index (χ4v) is 4.33. The molecule has 1 unspecified atom stereocenters. The molecule has 1 amide bonds. The number of hydrogen-bond acceptors (Lipinski definition) is 5. The number of methoxy groups -OCH3 is 1. The van der Waals surface area contributed by atoms with Gasteiger partial charge < -0.3 is 14.6 Å². The molecule has 0 saturated carbocycles. The van der Waals surface area contributed by atoms with Gasteiger partial charge >= 0.3 is 0 Å². The number of carbonyl (C=O) groups is 1. The zero-order chi connectivity index (χ0) is 20.3. The van der Waals surface area contributed by atoms with Gasteiger partial charge in [-0.3, -0.25) is 4.79 Å². The van der Waals surface area contributed by atoms with Crippen LogP contribution in [0.5, 0.6) is 5.75 Å². The zero-order valence-corrected chi connectivity index (χ0v) is 17.1. The maximum Gasteiger partial charge on any atom is 0.224 e. The summed E-state index contributed by atoms with van der Waals surface area (Å²) in [5.41, 5.74) is 0.900. The molecule has 1 aromatic heterocycles. The molecule has 2 heterocycles. The van der Waals surface area contributed by atoms with Crippen LogP contribution in [0.1, 0.15) is 30.3 Å². The highest BCUT2D eigenvalue weighted by atomic mass is 32.2. The topological polar surface area (TPSA) is 93.5 Å². The normalized spacial score (nSPS) is 17.2. The minimum atomic E-state index is -3.21. The van der Waals surface area contributed by atoms with E-state index in [1.165, 1.54) is 10.6 Å². The molecular weight excluding hydrogens is 380 g/mol. The number of rotatable bonds is 6. The summed E-state index contributed by atoms with van der Waals surface area (Å²) >= 11 is 0. The van der Waals surface area contributed by atoms with Crippen molar-refractivity contribution in [3.8, 4) is 5.75 Å². The van der Waals surface area contributed by atoms with E-state index in [0.717, 1.165) is 17.1 Å². The van der Waals surface area contributed by atoms with E-state index in [1.807, 2.05) is 42.1 Å². The van der Waals surface area contributed by atoms with Crippen LogP contribution >= 0.6 is 0 Å².